The number of amides is 3. The highest BCUT2D eigenvalue weighted by atomic mass is 16.5. The van der Waals surface area contributed by atoms with Crippen molar-refractivity contribution < 1.29 is 14.3 Å². The molecule has 0 radical (unpaired) electrons. The van der Waals surface area contributed by atoms with Crippen molar-refractivity contribution >= 4 is 23.3 Å². The molecule has 1 aliphatic heterocycles. The summed E-state index contributed by atoms with van der Waals surface area (Å²) in [5, 5.41) is 5.63. The molecule has 6 nitrogen and oxygen atoms in total. The minimum atomic E-state index is -0.322. The van der Waals surface area contributed by atoms with Gasteiger partial charge in [-0.15, -0.1) is 0 Å². The second-order valence-corrected chi connectivity index (χ2v) is 5.80. The average Bonchev–Trinajstić information content (AvgIpc) is 2.98. The lowest BCUT2D eigenvalue weighted by Crippen LogP contribution is -2.39. The zero-order valence-electron chi connectivity index (χ0n) is 14.1. The van der Waals surface area contributed by atoms with Crippen LogP contribution in [0.3, 0.4) is 0 Å². The number of nitrogens with zero attached hydrogens (tertiary/aromatic N) is 1. The molecule has 0 saturated carbocycles. The van der Waals surface area contributed by atoms with Crippen LogP contribution in [0.1, 0.15) is 13.3 Å². The molecule has 2 aromatic rings. The molecule has 2 aromatic carbocycles. The number of carbonyl (C=O) groups excluding carboxylic acids is 2. The molecule has 0 spiro atoms. The van der Waals surface area contributed by atoms with Crippen LogP contribution in [0.2, 0.25) is 0 Å². The van der Waals surface area contributed by atoms with E-state index in [9.17, 15) is 9.59 Å². The summed E-state index contributed by atoms with van der Waals surface area (Å²) in [5.41, 5.74) is 1.52. The van der Waals surface area contributed by atoms with Gasteiger partial charge in [-0.2, -0.15) is 0 Å². The third-order valence-electron chi connectivity index (χ3n) is 3.95. The fourth-order valence-corrected chi connectivity index (χ4v) is 2.82. The Labute approximate surface area is 146 Å². The van der Waals surface area contributed by atoms with Gasteiger partial charge >= 0.3 is 6.03 Å². The Morgan fingerprint density at radius 3 is 2.56 bits per heavy atom. The molecular formula is C19H21N3O3. The van der Waals surface area contributed by atoms with E-state index in [2.05, 4.69) is 10.6 Å². The first kappa shape index (κ1) is 16.8. The van der Waals surface area contributed by atoms with Crippen LogP contribution >= 0.6 is 0 Å². The van der Waals surface area contributed by atoms with Crippen LogP contribution in [0, 0.1) is 0 Å². The van der Waals surface area contributed by atoms with Crippen molar-refractivity contribution in [1.82, 2.24) is 5.32 Å². The maximum absolute atomic E-state index is 12.2. The van der Waals surface area contributed by atoms with Gasteiger partial charge in [-0.1, -0.05) is 18.2 Å². The number of hydrogen-bond acceptors (Lipinski definition) is 3. The van der Waals surface area contributed by atoms with Gasteiger partial charge < -0.3 is 20.3 Å². The summed E-state index contributed by atoms with van der Waals surface area (Å²) in [6, 6.07) is 16.1. The zero-order chi connectivity index (χ0) is 17.6. The number of nitrogens with one attached hydrogen (secondary N) is 2. The standard InChI is InChI=1S/C19H21N3O3/c1-2-25-17-10-8-14(9-11-17)20-19(24)21-15-12-18(23)22(13-15)16-6-4-3-5-7-16/h3-11,15H,2,12-13H2,1H3,(H2,20,21,24)/t15-/m1/s1. The van der Waals surface area contributed by atoms with E-state index >= 15 is 0 Å². The van der Waals surface area contributed by atoms with Crippen molar-refractivity contribution in [3.8, 4) is 5.75 Å². The molecule has 1 heterocycles. The summed E-state index contributed by atoms with van der Waals surface area (Å²) in [6.45, 7) is 2.99. The Hall–Kier alpha value is -3.02. The Morgan fingerprint density at radius 1 is 1.16 bits per heavy atom. The lowest BCUT2D eigenvalue weighted by molar-refractivity contribution is -0.117. The largest absolute Gasteiger partial charge is 0.494 e. The zero-order valence-corrected chi connectivity index (χ0v) is 14.1. The van der Waals surface area contributed by atoms with E-state index in [0.717, 1.165) is 11.4 Å². The van der Waals surface area contributed by atoms with Crippen molar-refractivity contribution in [3.05, 3.63) is 54.6 Å². The van der Waals surface area contributed by atoms with Gasteiger partial charge in [-0.3, -0.25) is 4.79 Å². The number of carbonyl (C=O) groups is 2. The Kier molecular flexibility index (Phi) is 5.18. The maximum atomic E-state index is 12.2. The predicted molar refractivity (Wildman–Crippen MR) is 97.0 cm³/mol. The molecule has 25 heavy (non-hydrogen) atoms. The third-order valence-corrected chi connectivity index (χ3v) is 3.95. The van der Waals surface area contributed by atoms with Crippen LogP contribution in [0.15, 0.2) is 54.6 Å². The number of rotatable bonds is 5. The van der Waals surface area contributed by atoms with Gasteiger partial charge in [0, 0.05) is 24.3 Å². The summed E-state index contributed by atoms with van der Waals surface area (Å²) in [6.07, 6.45) is 0.297. The minimum Gasteiger partial charge on any atom is -0.494 e. The van der Waals surface area contributed by atoms with E-state index in [-0.39, 0.29) is 18.0 Å². The number of anilines is 2. The van der Waals surface area contributed by atoms with Crippen LogP contribution in [0.4, 0.5) is 16.2 Å². The first-order chi connectivity index (χ1) is 12.2. The highest BCUT2D eigenvalue weighted by Crippen LogP contribution is 2.21. The number of para-hydroxylation sites is 1. The van der Waals surface area contributed by atoms with Gasteiger partial charge in [0.15, 0.2) is 0 Å². The Balaban J connectivity index is 1.54. The number of ether oxygens (including phenoxy) is 1. The van der Waals surface area contributed by atoms with Gasteiger partial charge in [0.05, 0.1) is 12.6 Å². The Morgan fingerprint density at radius 2 is 1.88 bits per heavy atom. The van der Waals surface area contributed by atoms with Gasteiger partial charge in [0.25, 0.3) is 0 Å². The number of benzene rings is 2. The van der Waals surface area contributed by atoms with E-state index in [0.29, 0.717) is 25.3 Å². The van der Waals surface area contributed by atoms with E-state index in [1.165, 1.54) is 0 Å². The van der Waals surface area contributed by atoms with Crippen molar-refractivity contribution in [2.24, 2.45) is 0 Å². The fourth-order valence-electron chi connectivity index (χ4n) is 2.82. The topological polar surface area (TPSA) is 70.7 Å². The van der Waals surface area contributed by atoms with Crippen molar-refractivity contribution in [3.63, 3.8) is 0 Å². The van der Waals surface area contributed by atoms with Crippen molar-refractivity contribution in [1.29, 1.82) is 0 Å². The molecule has 3 rings (SSSR count). The molecule has 1 fully saturated rings. The average molecular weight is 339 g/mol. The first-order valence-electron chi connectivity index (χ1n) is 8.31. The summed E-state index contributed by atoms with van der Waals surface area (Å²) < 4.78 is 5.37. The maximum Gasteiger partial charge on any atom is 0.319 e. The quantitative estimate of drug-likeness (QED) is 0.880. The molecular weight excluding hydrogens is 318 g/mol. The summed E-state index contributed by atoms with van der Waals surface area (Å²) in [4.78, 5) is 26.0. The van der Waals surface area contributed by atoms with Crippen LogP contribution in [-0.2, 0) is 4.79 Å². The molecule has 1 aliphatic rings. The normalized spacial score (nSPS) is 16.6. The summed E-state index contributed by atoms with van der Waals surface area (Å²) in [7, 11) is 0. The lowest BCUT2D eigenvalue weighted by atomic mass is 10.2. The second-order valence-electron chi connectivity index (χ2n) is 5.80. The molecule has 1 atom stereocenters. The fraction of sp³-hybridized carbons (Fsp3) is 0.263. The second kappa shape index (κ2) is 7.70. The molecule has 0 unspecified atom stereocenters. The molecule has 0 aromatic heterocycles. The van der Waals surface area contributed by atoms with Gasteiger partial charge in [0.1, 0.15) is 5.75 Å². The first-order valence-corrected chi connectivity index (χ1v) is 8.31. The summed E-state index contributed by atoms with van der Waals surface area (Å²) >= 11 is 0. The lowest BCUT2D eigenvalue weighted by Gasteiger charge is -2.17. The van der Waals surface area contributed by atoms with E-state index in [1.54, 1.807) is 29.2 Å². The molecule has 1 saturated heterocycles. The van der Waals surface area contributed by atoms with Gasteiger partial charge in [0.2, 0.25) is 5.91 Å². The molecule has 0 aliphatic carbocycles. The third kappa shape index (κ3) is 4.29. The predicted octanol–water partition coefficient (Wildman–Crippen LogP) is 3.01. The van der Waals surface area contributed by atoms with Crippen LogP contribution < -0.4 is 20.3 Å². The number of urea groups is 1. The molecule has 130 valence electrons. The van der Waals surface area contributed by atoms with Crippen LogP contribution in [0.5, 0.6) is 5.75 Å². The molecule has 6 heteroatoms. The van der Waals surface area contributed by atoms with Gasteiger partial charge in [-0.25, -0.2) is 4.79 Å². The highest BCUT2D eigenvalue weighted by Gasteiger charge is 2.31. The van der Waals surface area contributed by atoms with E-state index < -0.39 is 0 Å². The SMILES string of the molecule is CCOc1ccc(NC(=O)N[C@@H]2CC(=O)N(c3ccccc3)C2)cc1. The van der Waals surface area contributed by atoms with Crippen LogP contribution in [0.25, 0.3) is 0 Å². The molecule has 3 amide bonds. The highest BCUT2D eigenvalue weighted by molar-refractivity contribution is 5.97. The van der Waals surface area contributed by atoms with Crippen molar-refractivity contribution in [2.45, 2.75) is 19.4 Å². The molecule has 2 N–H and O–H groups in total. The van der Waals surface area contributed by atoms with Crippen LogP contribution in [-0.4, -0.2) is 31.1 Å². The van der Waals surface area contributed by atoms with E-state index in [1.807, 2.05) is 37.3 Å². The molecule has 0 bridgehead atoms. The Bertz CT molecular complexity index is 731. The minimum absolute atomic E-state index is 0.0116. The monoisotopic (exact) mass is 339 g/mol. The van der Waals surface area contributed by atoms with Crippen molar-refractivity contribution in [2.75, 3.05) is 23.4 Å². The number of hydrogen-bond donors (Lipinski definition) is 2. The smallest absolute Gasteiger partial charge is 0.319 e. The van der Waals surface area contributed by atoms with E-state index in [4.69, 9.17) is 4.74 Å². The van der Waals surface area contributed by atoms with Gasteiger partial charge in [-0.05, 0) is 43.3 Å². The summed E-state index contributed by atoms with van der Waals surface area (Å²) in [5.74, 6) is 0.769.